The van der Waals surface area contributed by atoms with Gasteiger partial charge in [-0.1, -0.05) is 41.4 Å². The smallest absolute Gasteiger partial charge is 0.335 e. The molecule has 0 aliphatic heterocycles. The second-order valence-electron chi connectivity index (χ2n) is 3.27. The highest BCUT2D eigenvalue weighted by Crippen LogP contribution is 2.25. The van der Waals surface area contributed by atoms with Gasteiger partial charge in [0.25, 0.3) is 0 Å². The van der Waals surface area contributed by atoms with Gasteiger partial charge < -0.3 is 10.2 Å². The second kappa shape index (κ2) is 6.89. The van der Waals surface area contributed by atoms with Crippen LogP contribution in [0.15, 0.2) is 48.5 Å². The predicted molar refractivity (Wildman–Crippen MR) is 71.5 cm³/mol. The third-order valence-corrected chi connectivity index (χ3v) is 2.47. The van der Waals surface area contributed by atoms with Crippen LogP contribution in [-0.2, 0) is 0 Å². The molecule has 2 rings (SSSR count). The number of rotatable bonds is 1. The molecular weight excluding hydrogens is 275 g/mol. The highest BCUT2D eigenvalue weighted by atomic mass is 35.5. The summed E-state index contributed by atoms with van der Waals surface area (Å²) in [6, 6.07) is 12.8. The molecule has 2 aromatic carbocycles. The minimum absolute atomic E-state index is 0.0565. The van der Waals surface area contributed by atoms with E-state index in [1.807, 2.05) is 0 Å². The van der Waals surface area contributed by atoms with Crippen molar-refractivity contribution in [1.29, 1.82) is 0 Å². The molecule has 0 radical (unpaired) electrons. The van der Waals surface area contributed by atoms with Crippen molar-refractivity contribution in [2.45, 2.75) is 0 Å². The molecule has 0 aliphatic rings. The van der Waals surface area contributed by atoms with Gasteiger partial charge in [0, 0.05) is 5.02 Å². The summed E-state index contributed by atoms with van der Waals surface area (Å²) in [7, 11) is 0. The van der Waals surface area contributed by atoms with Crippen molar-refractivity contribution in [3.8, 4) is 5.75 Å². The number of carboxylic acid groups (broad SMARTS) is 1. The van der Waals surface area contributed by atoms with Crippen LogP contribution < -0.4 is 0 Å². The Labute approximate surface area is 114 Å². The Morgan fingerprint density at radius 1 is 1.00 bits per heavy atom. The van der Waals surface area contributed by atoms with E-state index in [1.54, 1.807) is 36.4 Å². The van der Waals surface area contributed by atoms with Gasteiger partial charge >= 0.3 is 5.97 Å². The number of hydrogen-bond donors (Lipinski definition) is 2. The summed E-state index contributed by atoms with van der Waals surface area (Å²) in [4.78, 5) is 10.2. The van der Waals surface area contributed by atoms with Crippen molar-refractivity contribution < 1.29 is 15.0 Å². The maximum absolute atomic E-state index is 10.2. The number of aromatic carboxylic acids is 1. The van der Waals surface area contributed by atoms with Gasteiger partial charge in [0.1, 0.15) is 5.75 Å². The van der Waals surface area contributed by atoms with Gasteiger partial charge in [-0.15, -0.1) is 0 Å². The van der Waals surface area contributed by atoms with E-state index in [0.29, 0.717) is 10.6 Å². The standard InChI is InChI=1S/C7H6O2.C6H4Cl2O/c8-7(9)6-4-2-1-3-5-6;7-4-1-2-6(9)5(8)3-4/h1-5H,(H,8,9);1-3,9H. The van der Waals surface area contributed by atoms with Crippen LogP contribution in [0.25, 0.3) is 0 Å². The summed E-state index contributed by atoms with van der Waals surface area (Å²) in [5, 5.41) is 18.0. The quantitative estimate of drug-likeness (QED) is 0.829. The van der Waals surface area contributed by atoms with Gasteiger partial charge in [0.2, 0.25) is 0 Å². The first kappa shape index (κ1) is 14.4. The van der Waals surface area contributed by atoms with Crippen molar-refractivity contribution in [3.63, 3.8) is 0 Å². The number of benzene rings is 2. The van der Waals surface area contributed by atoms with Crippen molar-refractivity contribution in [2.24, 2.45) is 0 Å². The lowest BCUT2D eigenvalue weighted by atomic mass is 10.2. The van der Waals surface area contributed by atoms with Crippen molar-refractivity contribution >= 4 is 29.2 Å². The fourth-order valence-electron chi connectivity index (χ4n) is 1.06. The van der Waals surface area contributed by atoms with E-state index < -0.39 is 5.97 Å². The van der Waals surface area contributed by atoms with Crippen LogP contribution in [0, 0.1) is 0 Å². The number of phenolic OH excluding ortho intramolecular Hbond substituents is 1. The topological polar surface area (TPSA) is 57.5 Å². The van der Waals surface area contributed by atoms with Crippen LogP contribution in [0.4, 0.5) is 0 Å². The van der Waals surface area contributed by atoms with Crippen molar-refractivity contribution in [2.75, 3.05) is 0 Å². The summed E-state index contributed by atoms with van der Waals surface area (Å²) < 4.78 is 0. The lowest BCUT2D eigenvalue weighted by Gasteiger charge is -1.93. The predicted octanol–water partition coefficient (Wildman–Crippen LogP) is 4.08. The van der Waals surface area contributed by atoms with Gasteiger partial charge in [-0.2, -0.15) is 0 Å². The molecule has 0 bridgehead atoms. The monoisotopic (exact) mass is 284 g/mol. The molecule has 94 valence electrons. The van der Waals surface area contributed by atoms with Crippen LogP contribution in [0.2, 0.25) is 10.0 Å². The Morgan fingerprint density at radius 2 is 1.61 bits per heavy atom. The molecule has 0 aromatic heterocycles. The lowest BCUT2D eigenvalue weighted by molar-refractivity contribution is 0.0697. The molecule has 5 heteroatoms. The summed E-state index contributed by atoms with van der Waals surface area (Å²) in [5.74, 6) is -0.823. The van der Waals surface area contributed by atoms with Crippen molar-refractivity contribution in [1.82, 2.24) is 0 Å². The first-order valence-corrected chi connectivity index (χ1v) is 5.68. The van der Waals surface area contributed by atoms with Crippen LogP contribution in [0.5, 0.6) is 5.75 Å². The molecule has 0 spiro atoms. The number of aromatic hydroxyl groups is 1. The molecule has 0 aliphatic carbocycles. The van der Waals surface area contributed by atoms with E-state index in [-0.39, 0.29) is 10.8 Å². The van der Waals surface area contributed by atoms with Crippen molar-refractivity contribution in [3.05, 3.63) is 64.1 Å². The molecule has 0 saturated carbocycles. The first-order chi connectivity index (χ1) is 8.50. The second-order valence-corrected chi connectivity index (χ2v) is 4.11. The summed E-state index contributed by atoms with van der Waals surface area (Å²) >= 11 is 11.0. The lowest BCUT2D eigenvalue weighted by Crippen LogP contribution is -1.93. The normalized spacial score (nSPS) is 9.22. The van der Waals surface area contributed by atoms with E-state index in [1.165, 1.54) is 12.1 Å². The summed E-state index contributed by atoms with van der Waals surface area (Å²) in [6.45, 7) is 0. The molecule has 0 unspecified atom stereocenters. The van der Waals surface area contributed by atoms with Crippen LogP contribution >= 0.6 is 23.2 Å². The average Bonchev–Trinajstić information content (AvgIpc) is 2.36. The largest absolute Gasteiger partial charge is 0.506 e. The zero-order valence-electron chi connectivity index (χ0n) is 9.18. The Bertz CT molecular complexity index is 527. The van der Waals surface area contributed by atoms with E-state index in [4.69, 9.17) is 33.4 Å². The zero-order chi connectivity index (χ0) is 13.5. The van der Waals surface area contributed by atoms with Gasteiger partial charge in [0.15, 0.2) is 0 Å². The third kappa shape index (κ3) is 4.65. The maximum atomic E-state index is 10.2. The van der Waals surface area contributed by atoms with E-state index >= 15 is 0 Å². The molecule has 3 nitrogen and oxygen atoms in total. The average molecular weight is 285 g/mol. The molecular formula is C13H10Cl2O3. The minimum atomic E-state index is -0.879. The third-order valence-electron chi connectivity index (χ3n) is 1.93. The Kier molecular flexibility index (Phi) is 5.49. The molecule has 0 fully saturated rings. The SMILES string of the molecule is O=C(O)c1ccccc1.Oc1ccc(Cl)cc1Cl. The molecule has 0 atom stereocenters. The highest BCUT2D eigenvalue weighted by Gasteiger charge is 1.96. The van der Waals surface area contributed by atoms with Crippen LogP contribution in [0.3, 0.4) is 0 Å². The molecule has 0 heterocycles. The number of carboxylic acids is 1. The Hall–Kier alpha value is -1.71. The first-order valence-electron chi connectivity index (χ1n) is 4.93. The Balaban J connectivity index is 0.000000180. The Morgan fingerprint density at radius 3 is 2.00 bits per heavy atom. The number of phenols is 1. The highest BCUT2D eigenvalue weighted by molar-refractivity contribution is 6.35. The van der Waals surface area contributed by atoms with Gasteiger partial charge in [0.05, 0.1) is 10.6 Å². The van der Waals surface area contributed by atoms with Crippen LogP contribution in [0.1, 0.15) is 10.4 Å². The maximum Gasteiger partial charge on any atom is 0.335 e. The van der Waals surface area contributed by atoms with E-state index in [0.717, 1.165) is 0 Å². The number of hydrogen-bond acceptors (Lipinski definition) is 2. The van der Waals surface area contributed by atoms with E-state index in [2.05, 4.69) is 0 Å². The summed E-state index contributed by atoms with van der Waals surface area (Å²) in [6.07, 6.45) is 0. The number of halogens is 2. The molecule has 2 N–H and O–H groups in total. The van der Waals surface area contributed by atoms with Gasteiger partial charge in [-0.05, 0) is 30.3 Å². The fraction of sp³-hybridized carbons (Fsp3) is 0. The summed E-state index contributed by atoms with van der Waals surface area (Å²) in [5.41, 5.74) is 0.331. The molecule has 0 saturated heterocycles. The van der Waals surface area contributed by atoms with Gasteiger partial charge in [-0.3, -0.25) is 0 Å². The molecule has 0 amide bonds. The zero-order valence-corrected chi connectivity index (χ0v) is 10.7. The van der Waals surface area contributed by atoms with E-state index in [9.17, 15) is 4.79 Å². The molecule has 18 heavy (non-hydrogen) atoms. The van der Waals surface area contributed by atoms with Gasteiger partial charge in [-0.25, -0.2) is 4.79 Å². The van der Waals surface area contributed by atoms with Crippen LogP contribution in [-0.4, -0.2) is 16.2 Å². The molecule has 2 aromatic rings. The minimum Gasteiger partial charge on any atom is -0.506 e. The fourth-order valence-corrected chi connectivity index (χ4v) is 1.47. The number of carbonyl (C=O) groups is 1.